The zero-order valence-electron chi connectivity index (χ0n) is 26.3. The number of nitrogens with zero attached hydrogens (tertiary/aromatic N) is 7. The second-order valence-corrected chi connectivity index (χ2v) is 12.6. The maximum Gasteiger partial charge on any atom is 0.245 e. The third-order valence-corrected chi connectivity index (χ3v) is 9.85. The van der Waals surface area contributed by atoms with Crippen LogP contribution in [0.15, 0.2) is 43.1 Å². The van der Waals surface area contributed by atoms with Gasteiger partial charge >= 0.3 is 0 Å². The minimum atomic E-state index is 0.0163. The molecule has 0 unspecified atom stereocenters. The molecule has 0 saturated carbocycles. The van der Waals surface area contributed by atoms with Gasteiger partial charge in [0.1, 0.15) is 16.9 Å². The number of aryl methyl sites for hydroxylation is 1. The van der Waals surface area contributed by atoms with Crippen molar-refractivity contribution < 1.29 is 4.79 Å². The van der Waals surface area contributed by atoms with Gasteiger partial charge in [0.05, 0.1) is 5.69 Å². The van der Waals surface area contributed by atoms with E-state index in [2.05, 4.69) is 69.8 Å². The van der Waals surface area contributed by atoms with Crippen LogP contribution in [0.1, 0.15) is 38.3 Å². The molecule has 3 N–H and O–H groups in total. The van der Waals surface area contributed by atoms with Crippen LogP contribution in [-0.2, 0) is 11.2 Å². The molecule has 10 nitrogen and oxygen atoms in total. The van der Waals surface area contributed by atoms with Crippen LogP contribution in [0.5, 0.6) is 0 Å². The summed E-state index contributed by atoms with van der Waals surface area (Å²) in [4.78, 5) is 36.0. The number of nitrogens with two attached hydrogens (primary N) is 1. The Morgan fingerprint density at radius 1 is 0.977 bits per heavy atom. The summed E-state index contributed by atoms with van der Waals surface area (Å²) in [6, 6.07) is 9.51. The number of aromatic nitrogens is 3. The van der Waals surface area contributed by atoms with Gasteiger partial charge in [0.15, 0.2) is 5.82 Å². The Hall–Kier alpha value is -3.76. The quantitative estimate of drug-likeness (QED) is 0.374. The normalized spacial score (nSPS) is 19.4. The Labute approximate surface area is 261 Å². The number of pyridine rings is 1. The number of nitrogen functional groups attached to an aromatic ring is 1. The molecule has 234 valence electrons. The molecule has 0 radical (unpaired) electrons. The molecule has 3 fully saturated rings. The second kappa shape index (κ2) is 13.5. The number of fused-ring (bicyclic) bond motifs is 1. The van der Waals surface area contributed by atoms with Gasteiger partial charge in [0.2, 0.25) is 5.91 Å². The van der Waals surface area contributed by atoms with Gasteiger partial charge in [-0.3, -0.25) is 9.69 Å². The number of hydrogen-bond donors (Lipinski definition) is 2. The molecule has 1 amide bonds. The molecule has 0 aliphatic carbocycles. The number of hydrogen-bond acceptors (Lipinski definition) is 9. The molecule has 5 heterocycles. The first-order valence-electron chi connectivity index (χ1n) is 16.3. The number of piperidine rings is 2. The van der Waals surface area contributed by atoms with Gasteiger partial charge in [-0.1, -0.05) is 25.6 Å². The monoisotopic (exact) mass is 597 g/mol. The highest BCUT2D eigenvalue weighted by Crippen LogP contribution is 2.33. The molecule has 3 aliphatic heterocycles. The summed E-state index contributed by atoms with van der Waals surface area (Å²) < 4.78 is 0. The number of benzene rings is 1. The van der Waals surface area contributed by atoms with Gasteiger partial charge < -0.3 is 25.8 Å². The Morgan fingerprint density at radius 3 is 2.34 bits per heavy atom. The molecular formula is C34H47N9O. The molecule has 3 aromatic rings. The zero-order valence-corrected chi connectivity index (χ0v) is 26.3. The molecule has 3 aliphatic rings. The number of amides is 1. The molecule has 1 aromatic carbocycles. The van der Waals surface area contributed by atoms with Crippen molar-refractivity contribution in [2.24, 2.45) is 5.92 Å². The van der Waals surface area contributed by atoms with Crippen molar-refractivity contribution >= 4 is 34.3 Å². The van der Waals surface area contributed by atoms with Gasteiger partial charge in [-0.2, -0.15) is 0 Å². The average molecular weight is 598 g/mol. The first kappa shape index (κ1) is 30.3. The number of piperazine rings is 1. The van der Waals surface area contributed by atoms with Gasteiger partial charge in [-0.15, -0.1) is 0 Å². The van der Waals surface area contributed by atoms with Gasteiger partial charge in [-0.05, 0) is 68.8 Å². The minimum Gasteiger partial charge on any atom is -0.382 e. The van der Waals surface area contributed by atoms with Crippen LogP contribution >= 0.6 is 0 Å². The van der Waals surface area contributed by atoms with E-state index in [1.165, 1.54) is 50.8 Å². The maximum atomic E-state index is 12.0. The maximum absolute atomic E-state index is 12.0. The SMILES string of the molecule is C=CC(=O)N1CCC(CNc2nc3c(-c4ccc(N5CCC(N6CCN(C)CC6)CC5)cc4)cnc(N)c3nc2CC)CC1. The summed E-state index contributed by atoms with van der Waals surface area (Å²) in [7, 11) is 2.22. The number of rotatable bonds is 8. The Bertz CT molecular complexity index is 1450. The fraction of sp³-hybridized carbons (Fsp3) is 0.529. The lowest BCUT2D eigenvalue weighted by Gasteiger charge is -2.42. The van der Waals surface area contributed by atoms with E-state index in [1.807, 2.05) is 11.1 Å². The van der Waals surface area contributed by atoms with Crippen molar-refractivity contribution in [2.75, 3.05) is 81.9 Å². The lowest BCUT2D eigenvalue weighted by molar-refractivity contribution is -0.127. The van der Waals surface area contributed by atoms with E-state index < -0.39 is 0 Å². The predicted molar refractivity (Wildman–Crippen MR) is 179 cm³/mol. The van der Waals surface area contributed by atoms with E-state index in [0.717, 1.165) is 80.1 Å². The van der Waals surface area contributed by atoms with Crippen LogP contribution in [0, 0.1) is 5.92 Å². The topological polar surface area (TPSA) is 107 Å². The first-order valence-corrected chi connectivity index (χ1v) is 16.3. The lowest BCUT2D eigenvalue weighted by atomic mass is 9.96. The Morgan fingerprint density at radius 2 is 1.68 bits per heavy atom. The molecule has 2 aromatic heterocycles. The highest BCUT2D eigenvalue weighted by atomic mass is 16.2. The standard InChI is InChI=1S/C34H47N9O/c1-4-29-34(37-22-24-10-14-43(15-11-24)30(44)5-2)39-31-28(23-36-33(35)32(31)38-29)25-6-8-26(9-7-25)41-16-12-27(13-17-41)42-20-18-40(3)19-21-42/h5-9,23-24,27H,2,4,10-22H2,1,3H3,(H2,35,36)(H,37,39). The number of likely N-dealkylation sites (N-methyl/N-ethyl adjacent to an activating group) is 1. The first-order chi connectivity index (χ1) is 21.4. The third kappa shape index (κ3) is 6.51. The van der Waals surface area contributed by atoms with Crippen molar-refractivity contribution in [3.05, 3.63) is 48.8 Å². The fourth-order valence-electron chi connectivity index (χ4n) is 6.95. The summed E-state index contributed by atoms with van der Waals surface area (Å²) in [5.41, 5.74) is 11.9. The smallest absolute Gasteiger partial charge is 0.245 e. The number of nitrogens with one attached hydrogen (secondary N) is 1. The van der Waals surface area contributed by atoms with E-state index in [-0.39, 0.29) is 5.91 Å². The molecule has 10 heteroatoms. The predicted octanol–water partition coefficient (Wildman–Crippen LogP) is 3.89. The van der Waals surface area contributed by atoms with Crippen molar-refractivity contribution in [3.8, 4) is 11.1 Å². The van der Waals surface area contributed by atoms with Crippen molar-refractivity contribution in [1.82, 2.24) is 29.7 Å². The van der Waals surface area contributed by atoms with Crippen molar-refractivity contribution in [2.45, 2.75) is 45.1 Å². The lowest BCUT2D eigenvalue weighted by Crippen LogP contribution is -2.52. The number of carbonyl (C=O) groups is 1. The fourth-order valence-corrected chi connectivity index (χ4v) is 6.95. The highest BCUT2D eigenvalue weighted by molar-refractivity contribution is 5.97. The third-order valence-electron chi connectivity index (χ3n) is 9.85. The van der Waals surface area contributed by atoms with Crippen LogP contribution < -0.4 is 16.0 Å². The second-order valence-electron chi connectivity index (χ2n) is 12.6. The van der Waals surface area contributed by atoms with Crippen LogP contribution in [-0.4, -0.2) is 108 Å². The summed E-state index contributed by atoms with van der Waals surface area (Å²) in [5, 5.41) is 3.59. The van der Waals surface area contributed by atoms with Gasteiger partial charge in [-0.25, -0.2) is 15.0 Å². The number of carbonyl (C=O) groups excluding carboxylic acids is 1. The molecule has 0 bridgehead atoms. The van der Waals surface area contributed by atoms with E-state index in [4.69, 9.17) is 15.7 Å². The van der Waals surface area contributed by atoms with Crippen molar-refractivity contribution in [3.63, 3.8) is 0 Å². The largest absolute Gasteiger partial charge is 0.382 e. The van der Waals surface area contributed by atoms with E-state index in [9.17, 15) is 4.79 Å². The van der Waals surface area contributed by atoms with Crippen molar-refractivity contribution in [1.29, 1.82) is 0 Å². The molecule has 6 rings (SSSR count). The molecule has 0 atom stereocenters. The van der Waals surface area contributed by atoms with Crippen LogP contribution in [0.25, 0.3) is 22.2 Å². The zero-order chi connectivity index (χ0) is 30.6. The summed E-state index contributed by atoms with van der Waals surface area (Å²) in [6.07, 6.45) is 8.31. The molecular weight excluding hydrogens is 550 g/mol. The summed E-state index contributed by atoms with van der Waals surface area (Å²) in [5.74, 6) is 1.68. The van der Waals surface area contributed by atoms with E-state index >= 15 is 0 Å². The minimum absolute atomic E-state index is 0.0163. The van der Waals surface area contributed by atoms with Crippen LogP contribution in [0.4, 0.5) is 17.3 Å². The van der Waals surface area contributed by atoms with Gasteiger partial charge in [0.25, 0.3) is 0 Å². The Balaban J connectivity index is 1.15. The number of anilines is 3. The molecule has 0 spiro atoms. The van der Waals surface area contributed by atoms with E-state index in [1.54, 1.807) is 0 Å². The Kier molecular flexibility index (Phi) is 9.28. The van der Waals surface area contributed by atoms with E-state index in [0.29, 0.717) is 23.3 Å². The highest BCUT2D eigenvalue weighted by Gasteiger charge is 2.27. The van der Waals surface area contributed by atoms with Gasteiger partial charge in [0, 0.05) is 82.4 Å². The average Bonchev–Trinajstić information content (AvgIpc) is 3.07. The molecule has 44 heavy (non-hydrogen) atoms. The summed E-state index contributed by atoms with van der Waals surface area (Å²) in [6.45, 7) is 14.9. The summed E-state index contributed by atoms with van der Waals surface area (Å²) >= 11 is 0. The van der Waals surface area contributed by atoms with Crippen LogP contribution in [0.2, 0.25) is 0 Å². The molecule has 3 saturated heterocycles. The number of likely N-dealkylation sites (tertiary alicyclic amines) is 1. The van der Waals surface area contributed by atoms with Crippen LogP contribution in [0.3, 0.4) is 0 Å².